The molecule has 196 valence electrons. The number of carboxylic acids is 1. The van der Waals surface area contributed by atoms with Gasteiger partial charge in [0.1, 0.15) is 0 Å². The highest BCUT2D eigenvalue weighted by Crippen LogP contribution is 2.75. The van der Waals surface area contributed by atoms with Crippen molar-refractivity contribution in [3.05, 3.63) is 11.6 Å². The molecule has 5 rings (SSSR count). The zero-order chi connectivity index (χ0) is 26.0. The second kappa shape index (κ2) is 7.01. The highest BCUT2D eigenvalue weighted by molar-refractivity contribution is 5.95. The number of aliphatic carboxylic acids is 1. The molecule has 4 fully saturated rings. The van der Waals surface area contributed by atoms with E-state index in [1.165, 1.54) is 5.57 Å². The van der Waals surface area contributed by atoms with Gasteiger partial charge < -0.3 is 15.3 Å². The predicted molar refractivity (Wildman–Crippen MR) is 134 cm³/mol. The topological polar surface area (TPSA) is 94.8 Å². The number of hydrogen-bond donors (Lipinski definition) is 3. The number of carbonyl (C=O) groups excluding carboxylic acids is 1. The summed E-state index contributed by atoms with van der Waals surface area (Å²) < 4.78 is 0. The number of fused-ring (bicyclic) bond motifs is 7. The summed E-state index contributed by atoms with van der Waals surface area (Å²) in [5, 5.41) is 31.8. The Morgan fingerprint density at radius 2 is 1.51 bits per heavy atom. The van der Waals surface area contributed by atoms with Gasteiger partial charge in [-0.15, -0.1) is 0 Å². The Morgan fingerprint density at radius 1 is 0.886 bits per heavy atom. The molecule has 0 bridgehead atoms. The van der Waals surface area contributed by atoms with E-state index in [9.17, 15) is 24.9 Å². The Hall–Kier alpha value is -1.20. The Labute approximate surface area is 210 Å². The molecule has 5 heteroatoms. The lowest BCUT2D eigenvalue weighted by atomic mass is 9.33. The Bertz CT molecular complexity index is 1010. The zero-order valence-corrected chi connectivity index (χ0v) is 22.8. The summed E-state index contributed by atoms with van der Waals surface area (Å²) in [6.07, 6.45) is 8.96. The van der Waals surface area contributed by atoms with Crippen LogP contribution in [0.25, 0.3) is 0 Å². The predicted octanol–water partition coefficient (Wildman–Crippen LogP) is 5.73. The lowest BCUT2D eigenvalue weighted by Crippen LogP contribution is -2.68. The number of hydrogen-bond acceptors (Lipinski definition) is 4. The van der Waals surface area contributed by atoms with E-state index >= 15 is 0 Å². The van der Waals surface area contributed by atoms with Crippen LogP contribution in [0.5, 0.6) is 0 Å². The average Bonchev–Trinajstić information content (AvgIpc) is 2.74. The van der Waals surface area contributed by atoms with E-state index in [1.54, 1.807) is 0 Å². The van der Waals surface area contributed by atoms with Crippen molar-refractivity contribution >= 4 is 11.8 Å². The molecule has 0 radical (unpaired) electrons. The fraction of sp³-hybridized carbons (Fsp3) is 0.867. The first kappa shape index (κ1) is 25.4. The molecule has 5 aliphatic carbocycles. The van der Waals surface area contributed by atoms with Gasteiger partial charge in [0.2, 0.25) is 0 Å². The van der Waals surface area contributed by atoms with E-state index in [2.05, 4.69) is 27.7 Å². The highest BCUT2D eigenvalue weighted by atomic mass is 16.5. The van der Waals surface area contributed by atoms with E-state index in [0.717, 1.165) is 32.1 Å². The summed E-state index contributed by atoms with van der Waals surface area (Å²) in [4.78, 5) is 26.5. The fourth-order valence-corrected chi connectivity index (χ4v) is 10.3. The molecule has 0 heterocycles. The zero-order valence-electron chi connectivity index (χ0n) is 22.8. The minimum atomic E-state index is -1.72. The molecule has 8 atom stereocenters. The van der Waals surface area contributed by atoms with Crippen molar-refractivity contribution in [1.29, 1.82) is 0 Å². The van der Waals surface area contributed by atoms with Gasteiger partial charge in [0.15, 0.2) is 11.6 Å². The van der Waals surface area contributed by atoms with Gasteiger partial charge in [-0.3, -0.25) is 9.59 Å². The number of ketones is 1. The summed E-state index contributed by atoms with van der Waals surface area (Å²) in [5.74, 6) is -2.22. The molecular formula is C30H46O5. The Balaban J connectivity index is 1.62. The summed E-state index contributed by atoms with van der Waals surface area (Å²) in [7, 11) is 0. The molecule has 0 saturated heterocycles. The number of rotatable bonds is 1. The second-order valence-electron chi connectivity index (χ2n) is 15.1. The molecule has 0 aromatic rings. The average molecular weight is 487 g/mol. The van der Waals surface area contributed by atoms with Crippen molar-refractivity contribution in [2.75, 3.05) is 0 Å². The molecular weight excluding hydrogens is 440 g/mol. The smallest absolute Gasteiger partial charge is 0.309 e. The van der Waals surface area contributed by atoms with E-state index in [0.29, 0.717) is 19.3 Å². The van der Waals surface area contributed by atoms with Gasteiger partial charge in [0.05, 0.1) is 5.41 Å². The van der Waals surface area contributed by atoms with Crippen LogP contribution in [-0.2, 0) is 9.59 Å². The van der Waals surface area contributed by atoms with Gasteiger partial charge in [-0.1, -0.05) is 47.1 Å². The quantitative estimate of drug-likeness (QED) is 0.411. The number of carbonyl (C=O) groups is 2. The molecule has 3 N–H and O–H groups in total. The molecule has 35 heavy (non-hydrogen) atoms. The highest BCUT2D eigenvalue weighted by Gasteiger charge is 2.71. The van der Waals surface area contributed by atoms with Crippen LogP contribution in [0.3, 0.4) is 0 Å². The van der Waals surface area contributed by atoms with E-state index < -0.39 is 22.6 Å². The van der Waals surface area contributed by atoms with Crippen molar-refractivity contribution in [3.8, 4) is 0 Å². The van der Waals surface area contributed by atoms with Crippen molar-refractivity contribution in [1.82, 2.24) is 0 Å². The molecule has 1 unspecified atom stereocenters. The van der Waals surface area contributed by atoms with Crippen LogP contribution in [0, 0.1) is 50.2 Å². The minimum Gasteiger partial charge on any atom is -0.481 e. The maximum Gasteiger partial charge on any atom is 0.309 e. The van der Waals surface area contributed by atoms with Gasteiger partial charge in [-0.05, 0) is 97.9 Å². The first-order valence-corrected chi connectivity index (χ1v) is 13.8. The summed E-state index contributed by atoms with van der Waals surface area (Å²) in [6.45, 7) is 15.1. The van der Waals surface area contributed by atoms with Crippen LogP contribution >= 0.6 is 0 Å². The van der Waals surface area contributed by atoms with Crippen LogP contribution < -0.4 is 0 Å². The molecule has 5 nitrogen and oxygen atoms in total. The van der Waals surface area contributed by atoms with Gasteiger partial charge in [-0.25, -0.2) is 0 Å². The molecule has 0 aromatic heterocycles. The van der Waals surface area contributed by atoms with Gasteiger partial charge in [-0.2, -0.15) is 0 Å². The van der Waals surface area contributed by atoms with Gasteiger partial charge in [0, 0.05) is 17.8 Å². The summed E-state index contributed by atoms with van der Waals surface area (Å²) >= 11 is 0. The first-order chi connectivity index (χ1) is 15.9. The maximum absolute atomic E-state index is 14.2. The lowest BCUT2D eigenvalue weighted by molar-refractivity contribution is -0.308. The monoisotopic (exact) mass is 486 g/mol. The molecule has 4 saturated carbocycles. The lowest BCUT2D eigenvalue weighted by Gasteiger charge is -2.71. The standard InChI is InChI=1S/C30H46O5/c1-24(2)21-8-9-29(7)22(27(21,5)13-15-30(24,34)35)20(31)16-18-19-17-26(4,23(32)33)11-10-25(19,3)12-14-28(18,29)6/h16,19,21-22,34-35H,8-15,17H2,1-7H3,(H,32,33)/t19-,21?,22-,25-,26+,27+,28-,29-/m1/s1. The SMILES string of the molecule is CC1(C)C2CC[C@]3(C)[C@H](C(=O)C=C4[C@H]5C[C@@](C)(C(=O)O)CC[C@]5(C)CC[C@]43C)[C@@]2(C)CCC1(O)O. The van der Waals surface area contributed by atoms with Crippen molar-refractivity contribution in [2.45, 2.75) is 112 Å². The molecule has 0 aliphatic heterocycles. The normalized spacial score (nSPS) is 52.3. The third-order valence-electron chi connectivity index (χ3n) is 13.3. The largest absolute Gasteiger partial charge is 0.481 e. The molecule has 5 aliphatic rings. The number of allylic oxidation sites excluding steroid dienone is 2. The van der Waals surface area contributed by atoms with Gasteiger partial charge >= 0.3 is 5.97 Å². The first-order valence-electron chi connectivity index (χ1n) is 13.8. The van der Waals surface area contributed by atoms with Crippen LogP contribution in [0.15, 0.2) is 11.6 Å². The Morgan fingerprint density at radius 3 is 2.14 bits per heavy atom. The van der Waals surface area contributed by atoms with Crippen LogP contribution in [0.1, 0.15) is 106 Å². The van der Waals surface area contributed by atoms with Crippen LogP contribution in [-0.4, -0.2) is 32.9 Å². The van der Waals surface area contributed by atoms with E-state index in [4.69, 9.17) is 0 Å². The van der Waals surface area contributed by atoms with Crippen LogP contribution in [0.4, 0.5) is 0 Å². The second-order valence-corrected chi connectivity index (χ2v) is 15.1. The molecule has 0 aromatic carbocycles. The minimum absolute atomic E-state index is 0.0467. The van der Waals surface area contributed by atoms with Crippen LogP contribution in [0.2, 0.25) is 0 Å². The van der Waals surface area contributed by atoms with Crippen molar-refractivity contribution < 1.29 is 24.9 Å². The number of carboxylic acid groups (broad SMARTS) is 1. The summed E-state index contributed by atoms with van der Waals surface area (Å²) in [6, 6.07) is 0. The third-order valence-corrected chi connectivity index (χ3v) is 13.3. The van der Waals surface area contributed by atoms with Gasteiger partial charge in [0.25, 0.3) is 0 Å². The summed E-state index contributed by atoms with van der Waals surface area (Å²) in [5.41, 5.74) is -0.840. The third kappa shape index (κ3) is 2.94. The number of aliphatic hydroxyl groups is 2. The van der Waals surface area contributed by atoms with Crippen molar-refractivity contribution in [3.63, 3.8) is 0 Å². The van der Waals surface area contributed by atoms with E-state index in [-0.39, 0.29) is 51.6 Å². The van der Waals surface area contributed by atoms with E-state index in [1.807, 2.05) is 26.8 Å². The Kier molecular flexibility index (Phi) is 5.10. The van der Waals surface area contributed by atoms with Crippen molar-refractivity contribution in [2.24, 2.45) is 50.2 Å². The maximum atomic E-state index is 14.2. The molecule has 0 amide bonds. The fourth-order valence-electron chi connectivity index (χ4n) is 10.3. The molecule has 0 spiro atoms.